The number of nitrogens with zero attached hydrogens (tertiary/aromatic N) is 3. The van der Waals surface area contributed by atoms with Crippen LogP contribution in [0.3, 0.4) is 0 Å². The first-order chi connectivity index (χ1) is 13.7. The van der Waals surface area contributed by atoms with E-state index in [9.17, 15) is 0 Å². The summed E-state index contributed by atoms with van der Waals surface area (Å²) in [7, 11) is 0. The molecule has 1 saturated carbocycles. The van der Waals surface area contributed by atoms with Gasteiger partial charge in [0.15, 0.2) is 5.96 Å². The first kappa shape index (κ1) is 20.6. The third kappa shape index (κ3) is 6.78. The van der Waals surface area contributed by atoms with Gasteiger partial charge in [0.25, 0.3) is 0 Å². The van der Waals surface area contributed by atoms with Gasteiger partial charge >= 0.3 is 0 Å². The van der Waals surface area contributed by atoms with E-state index in [0.717, 1.165) is 60.5 Å². The number of guanidine groups is 1. The molecule has 28 heavy (non-hydrogen) atoms. The molecule has 1 aliphatic carbocycles. The van der Waals surface area contributed by atoms with Gasteiger partial charge < -0.3 is 15.4 Å². The Morgan fingerprint density at radius 3 is 2.89 bits per heavy atom. The zero-order valence-corrected chi connectivity index (χ0v) is 17.7. The van der Waals surface area contributed by atoms with Gasteiger partial charge in [0.2, 0.25) is 5.88 Å². The number of nitrogens with one attached hydrogen (secondary N) is 2. The number of aromatic nitrogens is 2. The molecule has 1 fully saturated rings. The Labute approximate surface area is 171 Å². The topological polar surface area (TPSA) is 71.4 Å². The largest absolute Gasteiger partial charge is 0.474 e. The molecular formula is C21H31N5OS. The predicted molar refractivity (Wildman–Crippen MR) is 115 cm³/mol. The Morgan fingerprint density at radius 2 is 2.14 bits per heavy atom. The second kappa shape index (κ2) is 11.0. The third-order valence-electron chi connectivity index (χ3n) is 4.74. The van der Waals surface area contributed by atoms with E-state index in [0.29, 0.717) is 12.6 Å². The number of rotatable bonds is 8. The molecule has 0 aromatic carbocycles. The number of aryl methyl sites for hydroxylation is 1. The highest BCUT2D eigenvalue weighted by Crippen LogP contribution is 2.22. The molecule has 0 saturated heterocycles. The van der Waals surface area contributed by atoms with Crippen LogP contribution in [0.5, 0.6) is 5.88 Å². The Kier molecular flexibility index (Phi) is 8.08. The van der Waals surface area contributed by atoms with Crippen LogP contribution in [-0.4, -0.2) is 35.1 Å². The van der Waals surface area contributed by atoms with Crippen LogP contribution in [-0.2, 0) is 13.0 Å². The second-order valence-electron chi connectivity index (χ2n) is 7.11. The lowest BCUT2D eigenvalue weighted by Crippen LogP contribution is -2.38. The maximum Gasteiger partial charge on any atom is 0.213 e. The molecule has 152 valence electrons. The van der Waals surface area contributed by atoms with Crippen molar-refractivity contribution in [3.63, 3.8) is 0 Å². The van der Waals surface area contributed by atoms with Crippen molar-refractivity contribution in [1.29, 1.82) is 0 Å². The number of ether oxygens (including phenoxy) is 1. The number of pyridine rings is 1. The van der Waals surface area contributed by atoms with Gasteiger partial charge in [0.05, 0.1) is 17.2 Å². The summed E-state index contributed by atoms with van der Waals surface area (Å²) in [6, 6.07) is 4.01. The summed E-state index contributed by atoms with van der Waals surface area (Å²) in [6.07, 6.45) is 9.13. The van der Waals surface area contributed by atoms with Gasteiger partial charge in [-0.05, 0) is 51.2 Å². The molecule has 0 atom stereocenters. The van der Waals surface area contributed by atoms with Crippen molar-refractivity contribution in [1.82, 2.24) is 20.6 Å². The number of hydrogen-bond acceptors (Lipinski definition) is 5. The van der Waals surface area contributed by atoms with Crippen molar-refractivity contribution in [2.24, 2.45) is 4.99 Å². The minimum atomic E-state index is 0.313. The Balaban J connectivity index is 1.52. The maximum atomic E-state index is 6.07. The zero-order valence-electron chi connectivity index (χ0n) is 16.9. The van der Waals surface area contributed by atoms with E-state index in [2.05, 4.69) is 32.9 Å². The molecule has 2 aromatic heterocycles. The summed E-state index contributed by atoms with van der Waals surface area (Å²) in [4.78, 5) is 13.6. The van der Waals surface area contributed by atoms with E-state index >= 15 is 0 Å². The lowest BCUT2D eigenvalue weighted by Gasteiger charge is -2.22. The minimum Gasteiger partial charge on any atom is -0.474 e. The molecule has 2 heterocycles. The molecule has 0 amide bonds. The van der Waals surface area contributed by atoms with E-state index in [-0.39, 0.29) is 0 Å². The van der Waals surface area contributed by atoms with Gasteiger partial charge in [-0.1, -0.05) is 6.42 Å². The van der Waals surface area contributed by atoms with E-state index in [1.165, 1.54) is 19.3 Å². The summed E-state index contributed by atoms with van der Waals surface area (Å²) in [5, 5.41) is 9.91. The molecule has 2 aromatic rings. The Hall–Kier alpha value is -2.15. The minimum absolute atomic E-state index is 0.313. The van der Waals surface area contributed by atoms with Crippen LogP contribution in [0.25, 0.3) is 0 Å². The molecule has 0 spiro atoms. The molecule has 0 radical (unpaired) electrons. The molecule has 0 unspecified atom stereocenters. The molecule has 2 N–H and O–H groups in total. The van der Waals surface area contributed by atoms with Gasteiger partial charge in [-0.25, -0.2) is 15.0 Å². The Morgan fingerprint density at radius 1 is 1.29 bits per heavy atom. The highest BCUT2D eigenvalue weighted by molar-refractivity contribution is 7.09. The smallest absolute Gasteiger partial charge is 0.213 e. The van der Waals surface area contributed by atoms with Gasteiger partial charge in [-0.2, -0.15) is 0 Å². The summed E-state index contributed by atoms with van der Waals surface area (Å²) in [5.41, 5.74) is 2.23. The van der Waals surface area contributed by atoms with E-state index in [4.69, 9.17) is 9.73 Å². The van der Waals surface area contributed by atoms with Crippen molar-refractivity contribution in [2.45, 2.75) is 65.0 Å². The third-order valence-corrected chi connectivity index (χ3v) is 5.57. The normalized spacial score (nSPS) is 15.4. The first-order valence-corrected chi connectivity index (χ1v) is 11.2. The fourth-order valence-electron chi connectivity index (χ4n) is 3.31. The fourth-order valence-corrected chi connectivity index (χ4v) is 3.96. The molecule has 0 bridgehead atoms. The zero-order chi connectivity index (χ0) is 19.6. The van der Waals surface area contributed by atoms with Crippen LogP contribution in [0.2, 0.25) is 0 Å². The van der Waals surface area contributed by atoms with E-state index in [1.807, 2.05) is 25.3 Å². The standard InChI is InChI=1S/C21H31N5OS/c1-3-22-21(24-12-10-18-15-28-16(2)26-18)25-14-17-9-11-23-20(13-17)27-19-7-5-4-6-8-19/h9,11,13,15,19H,3-8,10,12,14H2,1-2H3,(H2,22,24,25). The highest BCUT2D eigenvalue weighted by Gasteiger charge is 2.15. The molecule has 6 nitrogen and oxygen atoms in total. The molecular weight excluding hydrogens is 370 g/mol. The van der Waals surface area contributed by atoms with Gasteiger partial charge in [0.1, 0.15) is 6.10 Å². The average Bonchev–Trinajstić information content (AvgIpc) is 3.12. The van der Waals surface area contributed by atoms with Crippen molar-refractivity contribution in [2.75, 3.05) is 13.1 Å². The fraction of sp³-hybridized carbons (Fsp3) is 0.571. The van der Waals surface area contributed by atoms with Crippen LogP contribution in [0.1, 0.15) is 55.3 Å². The molecule has 0 aliphatic heterocycles. The predicted octanol–water partition coefficient (Wildman–Crippen LogP) is 3.86. The van der Waals surface area contributed by atoms with E-state index in [1.54, 1.807) is 11.3 Å². The maximum absolute atomic E-state index is 6.07. The number of thiazole rings is 1. The van der Waals surface area contributed by atoms with Crippen LogP contribution >= 0.6 is 11.3 Å². The van der Waals surface area contributed by atoms with Gasteiger partial charge in [0, 0.05) is 37.2 Å². The molecule has 1 aliphatic rings. The lowest BCUT2D eigenvalue weighted by atomic mass is 9.98. The van der Waals surface area contributed by atoms with Crippen molar-refractivity contribution < 1.29 is 4.74 Å². The molecule has 7 heteroatoms. The van der Waals surface area contributed by atoms with Crippen LogP contribution < -0.4 is 15.4 Å². The van der Waals surface area contributed by atoms with Crippen LogP contribution in [0, 0.1) is 6.92 Å². The van der Waals surface area contributed by atoms with Crippen LogP contribution in [0.15, 0.2) is 28.7 Å². The van der Waals surface area contributed by atoms with Crippen molar-refractivity contribution in [3.8, 4) is 5.88 Å². The SMILES string of the molecule is CCNC(=NCc1ccnc(OC2CCCCC2)c1)NCCc1csc(C)n1. The van der Waals surface area contributed by atoms with Crippen molar-refractivity contribution in [3.05, 3.63) is 40.0 Å². The first-order valence-electron chi connectivity index (χ1n) is 10.3. The Bertz CT molecular complexity index is 755. The lowest BCUT2D eigenvalue weighted by molar-refractivity contribution is 0.148. The van der Waals surface area contributed by atoms with Crippen LogP contribution in [0.4, 0.5) is 0 Å². The van der Waals surface area contributed by atoms with E-state index < -0.39 is 0 Å². The summed E-state index contributed by atoms with van der Waals surface area (Å²) >= 11 is 1.69. The highest BCUT2D eigenvalue weighted by atomic mass is 32.1. The van der Waals surface area contributed by atoms with Gasteiger partial charge in [-0.3, -0.25) is 0 Å². The van der Waals surface area contributed by atoms with Gasteiger partial charge in [-0.15, -0.1) is 11.3 Å². The second-order valence-corrected chi connectivity index (χ2v) is 8.17. The monoisotopic (exact) mass is 401 g/mol. The number of hydrogen-bond donors (Lipinski definition) is 2. The summed E-state index contributed by atoms with van der Waals surface area (Å²) < 4.78 is 6.07. The average molecular weight is 402 g/mol. The summed E-state index contributed by atoms with van der Waals surface area (Å²) in [5.74, 6) is 1.54. The quantitative estimate of drug-likeness (QED) is 0.519. The van der Waals surface area contributed by atoms with Crippen molar-refractivity contribution >= 4 is 17.3 Å². The molecule has 3 rings (SSSR count). The summed E-state index contributed by atoms with van der Waals surface area (Å²) in [6.45, 7) is 6.34. The number of aliphatic imine (C=N–C) groups is 1.